The molecule has 0 saturated heterocycles. The summed E-state index contributed by atoms with van der Waals surface area (Å²) in [6, 6.07) is 10.5. The molecule has 0 bridgehead atoms. The van der Waals surface area contributed by atoms with E-state index in [0.29, 0.717) is 0 Å². The third-order valence-corrected chi connectivity index (χ3v) is 4.96. The molecule has 1 aromatic carbocycles. The van der Waals surface area contributed by atoms with Crippen molar-refractivity contribution >= 4 is 41.3 Å². The number of aryl methyl sites for hydroxylation is 1. The fourth-order valence-corrected chi connectivity index (χ4v) is 3.38. The van der Waals surface area contributed by atoms with Gasteiger partial charge in [-0.05, 0) is 38.7 Å². The molecule has 1 heterocycles. The second-order valence-corrected chi connectivity index (χ2v) is 7.68. The zero-order chi connectivity index (χ0) is 19.2. The Labute approximate surface area is 190 Å². The minimum atomic E-state index is 0. The number of thiazole rings is 1. The Morgan fingerprint density at radius 2 is 1.93 bits per heavy atom. The Hall–Kier alpha value is -1.19. The highest BCUT2D eigenvalue weighted by Gasteiger charge is 2.01. The second-order valence-electron chi connectivity index (χ2n) is 6.36. The van der Waals surface area contributed by atoms with Crippen LogP contribution < -0.4 is 10.6 Å². The molecule has 0 aliphatic heterocycles. The van der Waals surface area contributed by atoms with Crippen molar-refractivity contribution in [1.82, 2.24) is 15.6 Å². The highest BCUT2D eigenvalue weighted by atomic mass is 127. The van der Waals surface area contributed by atoms with Gasteiger partial charge in [0.05, 0.1) is 11.6 Å². The molecule has 5 nitrogen and oxygen atoms in total. The van der Waals surface area contributed by atoms with Gasteiger partial charge in [0.1, 0.15) is 0 Å². The lowest BCUT2D eigenvalue weighted by Gasteiger charge is -2.10. The number of nitrogens with zero attached hydrogens (tertiary/aromatic N) is 2. The molecule has 0 atom stereocenters. The van der Waals surface area contributed by atoms with Gasteiger partial charge >= 0.3 is 0 Å². The van der Waals surface area contributed by atoms with E-state index < -0.39 is 0 Å². The maximum absolute atomic E-state index is 5.72. The van der Waals surface area contributed by atoms with Crippen LogP contribution in [-0.2, 0) is 17.6 Å². The molecule has 2 aromatic rings. The zero-order valence-electron chi connectivity index (χ0n) is 16.9. The summed E-state index contributed by atoms with van der Waals surface area (Å²) in [5.41, 5.74) is 1.33. The Bertz CT molecular complexity index is 663. The Morgan fingerprint density at radius 1 is 1.11 bits per heavy atom. The largest absolute Gasteiger partial charge is 0.381 e. The number of hydrogen-bond donors (Lipinski definition) is 2. The molecule has 156 valence electrons. The van der Waals surface area contributed by atoms with Crippen LogP contribution in [-0.4, -0.2) is 43.8 Å². The Kier molecular flexibility index (Phi) is 13.9. The number of guanidine groups is 1. The molecule has 0 aliphatic carbocycles. The van der Waals surface area contributed by atoms with Crippen molar-refractivity contribution in [2.24, 2.45) is 4.99 Å². The maximum Gasteiger partial charge on any atom is 0.191 e. The van der Waals surface area contributed by atoms with Gasteiger partial charge in [-0.1, -0.05) is 30.3 Å². The van der Waals surface area contributed by atoms with Crippen molar-refractivity contribution in [3.8, 4) is 0 Å². The van der Waals surface area contributed by atoms with Crippen LogP contribution >= 0.6 is 35.3 Å². The molecular weight excluding hydrogens is 483 g/mol. The van der Waals surface area contributed by atoms with Crippen LogP contribution in [0.5, 0.6) is 0 Å². The summed E-state index contributed by atoms with van der Waals surface area (Å²) < 4.78 is 5.72. The van der Waals surface area contributed by atoms with E-state index in [2.05, 4.69) is 58.7 Å². The predicted molar refractivity (Wildman–Crippen MR) is 130 cm³/mol. The average molecular weight is 516 g/mol. The number of nitrogens with one attached hydrogen (secondary N) is 2. The summed E-state index contributed by atoms with van der Waals surface area (Å²) in [6.45, 7) is 8.29. The topological polar surface area (TPSA) is 58.5 Å². The lowest BCUT2D eigenvalue weighted by Crippen LogP contribution is -2.38. The third-order valence-electron chi connectivity index (χ3n) is 3.99. The predicted octanol–water partition coefficient (Wildman–Crippen LogP) is 4.21. The zero-order valence-corrected chi connectivity index (χ0v) is 20.1. The summed E-state index contributed by atoms with van der Waals surface area (Å²) in [7, 11) is 0. The van der Waals surface area contributed by atoms with Gasteiger partial charge in [-0.15, -0.1) is 35.3 Å². The SMILES string of the molecule is CCNC(=NCCCCOCCc1ccccc1)NCCc1ncc(C)s1.I. The molecule has 7 heteroatoms. The molecule has 0 unspecified atom stereocenters. The van der Waals surface area contributed by atoms with Gasteiger partial charge in [0, 0.05) is 43.7 Å². The molecule has 28 heavy (non-hydrogen) atoms. The van der Waals surface area contributed by atoms with Gasteiger partial charge in [-0.3, -0.25) is 4.99 Å². The molecule has 0 amide bonds. The van der Waals surface area contributed by atoms with Crippen LogP contribution in [0.25, 0.3) is 0 Å². The molecule has 1 aromatic heterocycles. The highest BCUT2D eigenvalue weighted by molar-refractivity contribution is 14.0. The summed E-state index contributed by atoms with van der Waals surface area (Å²) in [5, 5.41) is 7.85. The number of hydrogen-bond acceptors (Lipinski definition) is 4. The first kappa shape index (κ1) is 24.8. The van der Waals surface area contributed by atoms with Crippen molar-refractivity contribution in [2.45, 2.75) is 39.5 Å². The van der Waals surface area contributed by atoms with Crippen LogP contribution in [0.4, 0.5) is 0 Å². The maximum atomic E-state index is 5.72. The Balaban J connectivity index is 0.00000392. The van der Waals surface area contributed by atoms with Crippen molar-refractivity contribution in [3.63, 3.8) is 0 Å². The number of benzene rings is 1. The molecular formula is C21H33IN4OS. The highest BCUT2D eigenvalue weighted by Crippen LogP contribution is 2.10. The monoisotopic (exact) mass is 516 g/mol. The molecule has 0 aliphatic rings. The number of unbranched alkanes of at least 4 members (excludes halogenated alkanes) is 1. The lowest BCUT2D eigenvalue weighted by atomic mass is 10.2. The average Bonchev–Trinajstić information content (AvgIpc) is 3.09. The number of ether oxygens (including phenoxy) is 1. The van der Waals surface area contributed by atoms with Crippen LogP contribution in [0.1, 0.15) is 35.2 Å². The van der Waals surface area contributed by atoms with Gasteiger partial charge in [-0.25, -0.2) is 4.98 Å². The van der Waals surface area contributed by atoms with Crippen molar-refractivity contribution in [2.75, 3.05) is 32.8 Å². The first-order valence-electron chi connectivity index (χ1n) is 9.83. The van der Waals surface area contributed by atoms with Gasteiger partial charge in [0.2, 0.25) is 0 Å². The standard InChI is InChI=1S/C21H32N4OS.HI/c1-3-22-21(24-14-11-20-25-17-18(2)27-20)23-13-7-8-15-26-16-12-19-9-5-4-6-10-19;/h4-6,9-10,17H,3,7-8,11-16H2,1-2H3,(H2,22,23,24);1H. The fourth-order valence-electron chi connectivity index (χ4n) is 2.59. The van der Waals surface area contributed by atoms with Crippen molar-refractivity contribution < 1.29 is 4.74 Å². The molecule has 0 fully saturated rings. The molecule has 0 radical (unpaired) electrons. The van der Waals surface area contributed by atoms with E-state index in [9.17, 15) is 0 Å². The summed E-state index contributed by atoms with van der Waals surface area (Å²) in [5.74, 6) is 0.885. The fraction of sp³-hybridized carbons (Fsp3) is 0.524. The summed E-state index contributed by atoms with van der Waals surface area (Å²) >= 11 is 1.76. The van der Waals surface area contributed by atoms with Crippen LogP contribution in [0.15, 0.2) is 41.5 Å². The number of aromatic nitrogens is 1. The lowest BCUT2D eigenvalue weighted by molar-refractivity contribution is 0.134. The first-order valence-corrected chi connectivity index (χ1v) is 10.6. The number of aliphatic imine (C=N–C) groups is 1. The second kappa shape index (κ2) is 15.7. The first-order chi connectivity index (χ1) is 13.3. The van der Waals surface area contributed by atoms with E-state index in [1.807, 2.05) is 12.3 Å². The van der Waals surface area contributed by atoms with E-state index in [0.717, 1.165) is 64.5 Å². The van der Waals surface area contributed by atoms with Crippen LogP contribution in [0.2, 0.25) is 0 Å². The van der Waals surface area contributed by atoms with Crippen LogP contribution in [0, 0.1) is 6.92 Å². The van der Waals surface area contributed by atoms with E-state index in [4.69, 9.17) is 4.74 Å². The van der Waals surface area contributed by atoms with E-state index >= 15 is 0 Å². The van der Waals surface area contributed by atoms with E-state index in [1.165, 1.54) is 15.4 Å². The van der Waals surface area contributed by atoms with Crippen molar-refractivity contribution in [1.29, 1.82) is 0 Å². The Morgan fingerprint density at radius 3 is 2.64 bits per heavy atom. The normalized spacial score (nSPS) is 11.1. The van der Waals surface area contributed by atoms with Gasteiger partial charge in [0.25, 0.3) is 0 Å². The minimum absolute atomic E-state index is 0. The molecule has 2 N–H and O–H groups in total. The summed E-state index contributed by atoms with van der Waals surface area (Å²) in [4.78, 5) is 10.3. The molecule has 0 saturated carbocycles. The van der Waals surface area contributed by atoms with E-state index in [1.54, 1.807) is 11.3 Å². The van der Waals surface area contributed by atoms with Gasteiger partial charge < -0.3 is 15.4 Å². The molecule has 2 rings (SSSR count). The number of rotatable bonds is 12. The van der Waals surface area contributed by atoms with E-state index in [-0.39, 0.29) is 24.0 Å². The van der Waals surface area contributed by atoms with Gasteiger partial charge in [-0.2, -0.15) is 0 Å². The third kappa shape index (κ3) is 11.0. The number of halogens is 1. The molecule has 0 spiro atoms. The van der Waals surface area contributed by atoms with Crippen molar-refractivity contribution in [3.05, 3.63) is 52.0 Å². The van der Waals surface area contributed by atoms with Gasteiger partial charge in [0.15, 0.2) is 5.96 Å². The smallest absolute Gasteiger partial charge is 0.191 e. The quantitative estimate of drug-likeness (QED) is 0.192. The summed E-state index contributed by atoms with van der Waals surface area (Å²) in [6.07, 6.45) is 5.91. The minimum Gasteiger partial charge on any atom is -0.381 e. The van der Waals surface area contributed by atoms with Crippen LogP contribution in [0.3, 0.4) is 0 Å².